The maximum atomic E-state index is 10.4. The summed E-state index contributed by atoms with van der Waals surface area (Å²) in [4.78, 5) is 10.4. The Labute approximate surface area is 106 Å². The average Bonchev–Trinajstić information content (AvgIpc) is 2.42. The van der Waals surface area contributed by atoms with E-state index in [0.717, 1.165) is 23.3 Å². The summed E-state index contributed by atoms with van der Waals surface area (Å²) in [5.74, 6) is 0.836. The van der Waals surface area contributed by atoms with Crippen LogP contribution >= 0.6 is 0 Å². The molecular weight excluding hydrogens is 226 g/mol. The van der Waals surface area contributed by atoms with Crippen molar-refractivity contribution in [3.05, 3.63) is 60.2 Å². The zero-order chi connectivity index (χ0) is 12.6. The van der Waals surface area contributed by atoms with Crippen molar-refractivity contribution < 1.29 is 9.53 Å². The highest BCUT2D eigenvalue weighted by atomic mass is 16.5. The Morgan fingerprint density at radius 3 is 2.39 bits per heavy atom. The van der Waals surface area contributed by atoms with Gasteiger partial charge in [0, 0.05) is 12.1 Å². The fourth-order valence-corrected chi connectivity index (χ4v) is 1.57. The van der Waals surface area contributed by atoms with E-state index in [-0.39, 0.29) is 0 Å². The number of ether oxygens (including phenoxy) is 1. The van der Waals surface area contributed by atoms with Crippen LogP contribution in [0.2, 0.25) is 0 Å². The van der Waals surface area contributed by atoms with Gasteiger partial charge in [0.05, 0.1) is 0 Å². The molecule has 0 aliphatic heterocycles. The standard InChI is InChI=1S/C15H15NO2/c17-11-10-13-6-8-14(9-7-13)16-12-18-15-4-2-1-3-5-15/h1-9,11,16H,10,12H2. The summed E-state index contributed by atoms with van der Waals surface area (Å²) in [6, 6.07) is 17.4. The lowest BCUT2D eigenvalue weighted by molar-refractivity contribution is -0.107. The Bertz CT molecular complexity index is 480. The second kappa shape index (κ2) is 6.45. The fraction of sp³-hybridized carbons (Fsp3) is 0.133. The maximum absolute atomic E-state index is 10.4. The molecule has 0 atom stereocenters. The van der Waals surface area contributed by atoms with Crippen molar-refractivity contribution in [3.63, 3.8) is 0 Å². The van der Waals surface area contributed by atoms with E-state index >= 15 is 0 Å². The van der Waals surface area contributed by atoms with Crippen LogP contribution in [0.15, 0.2) is 54.6 Å². The van der Waals surface area contributed by atoms with Crippen LogP contribution in [0.1, 0.15) is 5.56 Å². The predicted octanol–water partition coefficient (Wildman–Crippen LogP) is 2.88. The smallest absolute Gasteiger partial charge is 0.159 e. The van der Waals surface area contributed by atoms with Crippen molar-refractivity contribution in [1.82, 2.24) is 0 Å². The summed E-state index contributed by atoms with van der Waals surface area (Å²) in [5.41, 5.74) is 1.99. The summed E-state index contributed by atoms with van der Waals surface area (Å²) in [6.45, 7) is 0.414. The third kappa shape index (κ3) is 3.63. The van der Waals surface area contributed by atoms with E-state index in [4.69, 9.17) is 4.74 Å². The van der Waals surface area contributed by atoms with Gasteiger partial charge >= 0.3 is 0 Å². The molecule has 3 nitrogen and oxygen atoms in total. The minimum Gasteiger partial charge on any atom is -0.473 e. The normalized spacial score (nSPS) is 9.78. The monoisotopic (exact) mass is 241 g/mol. The van der Waals surface area contributed by atoms with Gasteiger partial charge in [0.25, 0.3) is 0 Å². The van der Waals surface area contributed by atoms with Crippen LogP contribution in [0, 0.1) is 0 Å². The van der Waals surface area contributed by atoms with Crippen LogP contribution in [0.25, 0.3) is 0 Å². The van der Waals surface area contributed by atoms with Crippen LogP contribution < -0.4 is 10.1 Å². The molecule has 2 aromatic rings. The molecule has 2 rings (SSSR count). The van der Waals surface area contributed by atoms with Gasteiger partial charge in [0.15, 0.2) is 6.73 Å². The Hall–Kier alpha value is -2.29. The molecule has 0 bridgehead atoms. The summed E-state index contributed by atoms with van der Waals surface area (Å²) in [5, 5.41) is 3.15. The molecule has 18 heavy (non-hydrogen) atoms. The molecule has 0 fully saturated rings. The van der Waals surface area contributed by atoms with Crippen molar-refractivity contribution in [3.8, 4) is 5.75 Å². The lowest BCUT2D eigenvalue weighted by Gasteiger charge is -2.09. The quantitative estimate of drug-likeness (QED) is 0.624. The molecule has 0 amide bonds. The maximum Gasteiger partial charge on any atom is 0.159 e. The van der Waals surface area contributed by atoms with E-state index in [1.54, 1.807) is 0 Å². The highest BCUT2D eigenvalue weighted by molar-refractivity contribution is 5.56. The van der Waals surface area contributed by atoms with Gasteiger partial charge in [0.1, 0.15) is 12.0 Å². The number of aldehydes is 1. The lowest BCUT2D eigenvalue weighted by atomic mass is 10.1. The van der Waals surface area contributed by atoms with Gasteiger partial charge in [-0.1, -0.05) is 30.3 Å². The summed E-state index contributed by atoms with van der Waals surface area (Å²) in [6.07, 6.45) is 1.36. The van der Waals surface area contributed by atoms with Gasteiger partial charge in [-0.2, -0.15) is 0 Å². The molecule has 0 radical (unpaired) electrons. The minimum absolute atomic E-state index is 0.414. The number of para-hydroxylation sites is 1. The van der Waals surface area contributed by atoms with Crippen molar-refractivity contribution in [2.45, 2.75) is 6.42 Å². The third-order valence-electron chi connectivity index (χ3n) is 2.53. The molecule has 0 unspecified atom stereocenters. The molecule has 0 saturated heterocycles. The average molecular weight is 241 g/mol. The molecule has 1 N–H and O–H groups in total. The predicted molar refractivity (Wildman–Crippen MR) is 71.8 cm³/mol. The number of hydrogen-bond donors (Lipinski definition) is 1. The molecule has 0 spiro atoms. The lowest BCUT2D eigenvalue weighted by Crippen LogP contribution is -2.08. The second-order valence-corrected chi connectivity index (χ2v) is 3.85. The van der Waals surface area contributed by atoms with Crippen LogP contribution in [0.3, 0.4) is 0 Å². The van der Waals surface area contributed by atoms with E-state index in [9.17, 15) is 4.79 Å². The number of rotatable bonds is 6. The SMILES string of the molecule is O=CCc1ccc(NCOc2ccccc2)cc1. The zero-order valence-corrected chi connectivity index (χ0v) is 10.0. The van der Waals surface area contributed by atoms with Crippen LogP contribution in [-0.4, -0.2) is 13.0 Å². The van der Waals surface area contributed by atoms with E-state index < -0.39 is 0 Å². The zero-order valence-electron chi connectivity index (χ0n) is 10.0. The topological polar surface area (TPSA) is 38.3 Å². The van der Waals surface area contributed by atoms with E-state index in [1.165, 1.54) is 0 Å². The van der Waals surface area contributed by atoms with E-state index in [2.05, 4.69) is 5.32 Å². The van der Waals surface area contributed by atoms with Crippen molar-refractivity contribution >= 4 is 12.0 Å². The molecule has 0 saturated carbocycles. The first kappa shape index (κ1) is 12.2. The third-order valence-corrected chi connectivity index (χ3v) is 2.53. The molecule has 0 aliphatic rings. The second-order valence-electron chi connectivity index (χ2n) is 3.85. The molecule has 0 aliphatic carbocycles. The number of carbonyl (C=O) groups excluding carboxylic acids is 1. The first-order valence-corrected chi connectivity index (χ1v) is 5.83. The largest absolute Gasteiger partial charge is 0.473 e. The van der Waals surface area contributed by atoms with Crippen molar-refractivity contribution in [2.75, 3.05) is 12.0 Å². The van der Waals surface area contributed by atoms with Gasteiger partial charge in [-0.3, -0.25) is 0 Å². The minimum atomic E-state index is 0.414. The molecule has 2 aromatic carbocycles. The van der Waals surface area contributed by atoms with Gasteiger partial charge in [-0.25, -0.2) is 0 Å². The summed E-state index contributed by atoms with van der Waals surface area (Å²) in [7, 11) is 0. The molecule has 92 valence electrons. The first-order chi connectivity index (χ1) is 8.88. The highest BCUT2D eigenvalue weighted by Crippen LogP contribution is 2.11. The van der Waals surface area contributed by atoms with Gasteiger partial charge in [0.2, 0.25) is 0 Å². The number of anilines is 1. The Morgan fingerprint density at radius 2 is 1.72 bits per heavy atom. The number of benzene rings is 2. The van der Waals surface area contributed by atoms with Gasteiger partial charge in [-0.15, -0.1) is 0 Å². The summed E-state index contributed by atoms with van der Waals surface area (Å²) >= 11 is 0. The number of hydrogen-bond acceptors (Lipinski definition) is 3. The van der Waals surface area contributed by atoms with Crippen LogP contribution in [0.5, 0.6) is 5.75 Å². The fourth-order valence-electron chi connectivity index (χ4n) is 1.57. The summed E-state index contributed by atoms with van der Waals surface area (Å²) < 4.78 is 5.52. The molecule has 0 heterocycles. The molecule has 0 aromatic heterocycles. The molecule has 3 heteroatoms. The van der Waals surface area contributed by atoms with Gasteiger partial charge < -0.3 is 14.8 Å². The Balaban J connectivity index is 1.81. The Kier molecular flexibility index (Phi) is 4.36. The van der Waals surface area contributed by atoms with Crippen LogP contribution in [0.4, 0.5) is 5.69 Å². The van der Waals surface area contributed by atoms with Crippen LogP contribution in [-0.2, 0) is 11.2 Å². The van der Waals surface area contributed by atoms with Gasteiger partial charge in [-0.05, 0) is 29.8 Å². The molecular formula is C15H15NO2. The van der Waals surface area contributed by atoms with E-state index in [1.807, 2.05) is 54.6 Å². The Morgan fingerprint density at radius 1 is 1.00 bits per heavy atom. The van der Waals surface area contributed by atoms with Crippen molar-refractivity contribution in [2.24, 2.45) is 0 Å². The highest BCUT2D eigenvalue weighted by Gasteiger charge is 1.94. The number of nitrogens with one attached hydrogen (secondary N) is 1. The first-order valence-electron chi connectivity index (χ1n) is 5.83. The van der Waals surface area contributed by atoms with Crippen molar-refractivity contribution in [1.29, 1.82) is 0 Å². The van der Waals surface area contributed by atoms with E-state index in [0.29, 0.717) is 13.2 Å². The number of carbonyl (C=O) groups is 1.